The molecule has 0 aliphatic carbocycles. The molecule has 0 radical (unpaired) electrons. The second-order valence-electron chi connectivity index (χ2n) is 3.71. The van der Waals surface area contributed by atoms with Crippen molar-refractivity contribution in [2.75, 3.05) is 6.61 Å². The van der Waals surface area contributed by atoms with Crippen molar-refractivity contribution < 1.29 is 19.1 Å². The quantitative estimate of drug-likeness (QED) is 0.610. The van der Waals surface area contributed by atoms with Crippen LogP contribution in [-0.4, -0.2) is 24.5 Å². The fraction of sp³-hybridized carbons (Fsp3) is 0.385. The van der Waals surface area contributed by atoms with E-state index >= 15 is 0 Å². The molecule has 0 aliphatic rings. The molecule has 0 heterocycles. The van der Waals surface area contributed by atoms with Crippen LogP contribution in [0.1, 0.15) is 31.1 Å². The molecule has 1 aromatic carbocycles. The predicted molar refractivity (Wildman–Crippen MR) is 68.2 cm³/mol. The molecule has 0 saturated heterocycles. The van der Waals surface area contributed by atoms with Crippen molar-refractivity contribution in [1.82, 2.24) is 0 Å². The average Bonchev–Trinajstić information content (AvgIpc) is 2.31. The molecular formula is C13H15ClO4. The van der Waals surface area contributed by atoms with Gasteiger partial charge in [-0.3, -0.25) is 4.79 Å². The Morgan fingerprint density at radius 3 is 2.61 bits per heavy atom. The van der Waals surface area contributed by atoms with Gasteiger partial charge in [-0.05, 0) is 39.0 Å². The minimum atomic E-state index is -0.774. The third-order valence-corrected chi connectivity index (χ3v) is 2.48. The minimum Gasteiger partial charge on any atom is -0.478 e. The number of halogens is 1. The van der Waals surface area contributed by atoms with E-state index < -0.39 is 12.1 Å². The molecule has 0 saturated carbocycles. The van der Waals surface area contributed by atoms with Crippen LogP contribution in [0.25, 0.3) is 0 Å². The van der Waals surface area contributed by atoms with Gasteiger partial charge in [0.2, 0.25) is 0 Å². The maximum absolute atomic E-state index is 11.4. The monoisotopic (exact) mass is 270 g/mol. The molecular weight excluding hydrogens is 256 g/mol. The van der Waals surface area contributed by atoms with Gasteiger partial charge < -0.3 is 9.47 Å². The first kappa shape index (κ1) is 14.5. The second kappa shape index (κ2) is 6.40. The van der Waals surface area contributed by atoms with E-state index in [4.69, 9.17) is 21.1 Å². The van der Waals surface area contributed by atoms with Gasteiger partial charge in [-0.25, -0.2) is 4.79 Å². The van der Waals surface area contributed by atoms with Crippen molar-refractivity contribution >= 4 is 23.4 Å². The lowest BCUT2D eigenvalue weighted by molar-refractivity contribution is -0.150. The van der Waals surface area contributed by atoms with Crippen molar-refractivity contribution in [2.24, 2.45) is 0 Å². The van der Waals surface area contributed by atoms with E-state index in [1.54, 1.807) is 26.0 Å². The van der Waals surface area contributed by atoms with Crippen LogP contribution in [0, 0.1) is 0 Å². The van der Waals surface area contributed by atoms with Crippen LogP contribution in [-0.2, 0) is 9.53 Å². The summed E-state index contributed by atoms with van der Waals surface area (Å²) in [4.78, 5) is 22.9. The lowest BCUT2D eigenvalue weighted by atomic mass is 10.1. The Kier molecular flexibility index (Phi) is 5.16. The third-order valence-electron chi connectivity index (χ3n) is 2.24. The van der Waals surface area contributed by atoms with Crippen LogP contribution in [0.3, 0.4) is 0 Å². The zero-order valence-electron chi connectivity index (χ0n) is 10.5. The fourth-order valence-corrected chi connectivity index (χ4v) is 1.55. The molecule has 1 aromatic rings. The molecule has 0 aliphatic heterocycles. The predicted octanol–water partition coefficient (Wildman–Crippen LogP) is 2.87. The number of hydrogen-bond acceptors (Lipinski definition) is 4. The zero-order chi connectivity index (χ0) is 13.7. The molecule has 1 unspecified atom stereocenters. The van der Waals surface area contributed by atoms with Crippen molar-refractivity contribution in [2.45, 2.75) is 26.9 Å². The molecule has 0 aromatic heterocycles. The van der Waals surface area contributed by atoms with Gasteiger partial charge in [0.25, 0.3) is 0 Å². The summed E-state index contributed by atoms with van der Waals surface area (Å²) in [5.41, 5.74) is 0.346. The van der Waals surface area contributed by atoms with Gasteiger partial charge in [-0.2, -0.15) is 0 Å². The van der Waals surface area contributed by atoms with E-state index in [9.17, 15) is 9.59 Å². The van der Waals surface area contributed by atoms with E-state index in [1.807, 2.05) is 0 Å². The Morgan fingerprint density at radius 2 is 2.06 bits per heavy atom. The molecule has 0 fully saturated rings. The Hall–Kier alpha value is -1.55. The summed E-state index contributed by atoms with van der Waals surface area (Å²) < 4.78 is 10.2. The van der Waals surface area contributed by atoms with Crippen molar-refractivity contribution in [1.29, 1.82) is 0 Å². The van der Waals surface area contributed by atoms with Crippen LogP contribution in [0.2, 0.25) is 5.02 Å². The largest absolute Gasteiger partial charge is 0.478 e. The maximum Gasteiger partial charge on any atom is 0.347 e. The summed E-state index contributed by atoms with van der Waals surface area (Å²) >= 11 is 5.81. The van der Waals surface area contributed by atoms with Crippen molar-refractivity contribution in [3.63, 3.8) is 0 Å². The third kappa shape index (κ3) is 3.74. The van der Waals surface area contributed by atoms with Crippen LogP contribution < -0.4 is 4.74 Å². The van der Waals surface area contributed by atoms with Crippen LogP contribution >= 0.6 is 11.6 Å². The topological polar surface area (TPSA) is 52.6 Å². The van der Waals surface area contributed by atoms with E-state index in [1.165, 1.54) is 13.0 Å². The number of carbonyl (C=O) groups excluding carboxylic acids is 2. The van der Waals surface area contributed by atoms with Gasteiger partial charge in [-0.15, -0.1) is 0 Å². The number of rotatable bonds is 5. The molecule has 18 heavy (non-hydrogen) atoms. The minimum absolute atomic E-state index is 0.177. The first-order chi connectivity index (χ1) is 8.45. The lowest BCUT2D eigenvalue weighted by Crippen LogP contribution is -2.26. The van der Waals surface area contributed by atoms with Gasteiger partial charge in [0.15, 0.2) is 11.9 Å². The number of Topliss-reactive ketones (excluding diaryl/α,β-unsaturated/α-hetero) is 1. The highest BCUT2D eigenvalue weighted by Gasteiger charge is 2.18. The molecule has 0 bridgehead atoms. The maximum atomic E-state index is 11.4. The van der Waals surface area contributed by atoms with Gasteiger partial charge in [-0.1, -0.05) is 11.6 Å². The van der Waals surface area contributed by atoms with Crippen LogP contribution in [0.15, 0.2) is 18.2 Å². The Bertz CT molecular complexity index is 456. The number of esters is 1. The summed E-state index contributed by atoms with van der Waals surface area (Å²) in [6, 6.07) is 4.67. The Balaban J connectivity index is 2.90. The van der Waals surface area contributed by atoms with Gasteiger partial charge in [0, 0.05) is 5.02 Å². The van der Waals surface area contributed by atoms with E-state index in [0.29, 0.717) is 16.3 Å². The van der Waals surface area contributed by atoms with E-state index in [2.05, 4.69) is 0 Å². The lowest BCUT2D eigenvalue weighted by Gasteiger charge is -2.15. The van der Waals surface area contributed by atoms with Gasteiger partial charge >= 0.3 is 5.97 Å². The highest BCUT2D eigenvalue weighted by Crippen LogP contribution is 2.24. The first-order valence-corrected chi connectivity index (χ1v) is 5.97. The summed E-state index contributed by atoms with van der Waals surface area (Å²) in [7, 11) is 0. The molecule has 4 nitrogen and oxygen atoms in total. The number of ketones is 1. The normalized spacial score (nSPS) is 11.8. The van der Waals surface area contributed by atoms with Gasteiger partial charge in [0.1, 0.15) is 5.75 Å². The summed E-state index contributed by atoms with van der Waals surface area (Å²) in [5.74, 6) is -0.321. The number of hydrogen-bond donors (Lipinski definition) is 0. The summed E-state index contributed by atoms with van der Waals surface area (Å²) in [5, 5.41) is 0.441. The summed E-state index contributed by atoms with van der Waals surface area (Å²) in [6.07, 6.45) is -0.774. The van der Waals surface area contributed by atoms with Crippen molar-refractivity contribution in [3.05, 3.63) is 28.8 Å². The Morgan fingerprint density at radius 1 is 1.39 bits per heavy atom. The number of carbonyl (C=O) groups is 2. The highest BCUT2D eigenvalue weighted by molar-refractivity contribution is 6.31. The molecule has 0 N–H and O–H groups in total. The first-order valence-electron chi connectivity index (χ1n) is 5.59. The molecule has 98 valence electrons. The molecule has 5 heteroatoms. The standard InChI is InChI=1S/C13H15ClO4/c1-4-17-13(16)9(3)18-12-6-5-10(14)7-11(12)8(2)15/h5-7,9H,4H2,1-3H3. The molecule has 1 atom stereocenters. The van der Waals surface area contributed by atoms with Gasteiger partial charge in [0.05, 0.1) is 12.2 Å². The molecule has 0 spiro atoms. The molecule has 0 amide bonds. The van der Waals surface area contributed by atoms with E-state index in [-0.39, 0.29) is 12.4 Å². The second-order valence-corrected chi connectivity index (χ2v) is 4.15. The highest BCUT2D eigenvalue weighted by atomic mass is 35.5. The zero-order valence-corrected chi connectivity index (χ0v) is 11.3. The summed E-state index contributed by atoms with van der Waals surface area (Å²) in [6.45, 7) is 4.98. The fourth-order valence-electron chi connectivity index (χ4n) is 1.38. The number of benzene rings is 1. The van der Waals surface area contributed by atoms with Crippen molar-refractivity contribution in [3.8, 4) is 5.75 Å². The van der Waals surface area contributed by atoms with E-state index in [0.717, 1.165) is 0 Å². The Labute approximate surface area is 111 Å². The average molecular weight is 271 g/mol. The van der Waals surface area contributed by atoms with Crippen LogP contribution in [0.4, 0.5) is 0 Å². The molecule has 1 rings (SSSR count). The van der Waals surface area contributed by atoms with Crippen LogP contribution in [0.5, 0.6) is 5.75 Å². The SMILES string of the molecule is CCOC(=O)C(C)Oc1ccc(Cl)cc1C(C)=O. The smallest absolute Gasteiger partial charge is 0.347 e. The number of ether oxygens (including phenoxy) is 2.